The highest BCUT2D eigenvalue weighted by Gasteiger charge is 2.31. The predicted octanol–water partition coefficient (Wildman–Crippen LogP) is 3.74. The van der Waals surface area contributed by atoms with Gasteiger partial charge in [0.1, 0.15) is 11.4 Å². The molecule has 5 rings (SSSR count). The van der Waals surface area contributed by atoms with E-state index in [0.29, 0.717) is 24.0 Å². The molecule has 0 aliphatic heterocycles. The highest BCUT2D eigenvalue weighted by Crippen LogP contribution is 2.41. The van der Waals surface area contributed by atoms with Crippen molar-refractivity contribution in [1.82, 2.24) is 19.7 Å². The Labute approximate surface area is 145 Å². The Morgan fingerprint density at radius 1 is 1.20 bits per heavy atom. The number of rotatable bonds is 2. The largest absolute Gasteiger partial charge is 0.346 e. The van der Waals surface area contributed by atoms with Crippen molar-refractivity contribution in [3.05, 3.63) is 42.5 Å². The van der Waals surface area contributed by atoms with Crippen LogP contribution in [0, 0.1) is 11.8 Å². The number of carbonyl (C=O) groups is 1. The number of pyridine rings is 1. The molecular weight excluding hydrogens is 312 g/mol. The molecule has 0 amide bonds. The normalized spacial score (nSPS) is 23.1. The number of fused-ring (bicyclic) bond motifs is 3. The number of hydrogen-bond donors (Lipinski definition) is 1. The van der Waals surface area contributed by atoms with E-state index in [-0.39, 0.29) is 0 Å². The predicted molar refractivity (Wildman–Crippen MR) is 96.7 cm³/mol. The highest BCUT2D eigenvalue weighted by atomic mass is 16.1. The lowest BCUT2D eigenvalue weighted by atomic mass is 9.72. The van der Waals surface area contributed by atoms with Crippen LogP contribution in [-0.4, -0.2) is 25.5 Å². The maximum atomic E-state index is 11.8. The fourth-order valence-electron chi connectivity index (χ4n) is 4.43. The van der Waals surface area contributed by atoms with Crippen LogP contribution in [0.4, 0.5) is 0 Å². The van der Waals surface area contributed by atoms with E-state index in [1.54, 1.807) is 0 Å². The Hall–Kier alpha value is -2.69. The van der Waals surface area contributed by atoms with Crippen molar-refractivity contribution in [2.24, 2.45) is 18.9 Å². The van der Waals surface area contributed by atoms with E-state index in [9.17, 15) is 4.79 Å². The summed E-state index contributed by atoms with van der Waals surface area (Å²) in [5.74, 6) is 1.34. The minimum Gasteiger partial charge on any atom is -0.346 e. The number of nitrogens with zero attached hydrogens (tertiary/aromatic N) is 3. The summed E-state index contributed by atoms with van der Waals surface area (Å²) >= 11 is 0. The number of nitrogens with one attached hydrogen (secondary N) is 1. The summed E-state index contributed by atoms with van der Waals surface area (Å²) in [5, 5.41) is 5.40. The van der Waals surface area contributed by atoms with E-state index >= 15 is 0 Å². The third kappa shape index (κ3) is 2.51. The molecule has 0 spiro atoms. The van der Waals surface area contributed by atoms with Crippen molar-refractivity contribution in [2.75, 3.05) is 0 Å². The molecule has 2 atom stereocenters. The number of aryl methyl sites for hydroxylation is 1. The molecule has 0 aromatic carbocycles. The second-order valence-corrected chi connectivity index (χ2v) is 7.43. The van der Waals surface area contributed by atoms with E-state index in [1.165, 1.54) is 11.1 Å². The first kappa shape index (κ1) is 14.6. The lowest BCUT2D eigenvalue weighted by Crippen LogP contribution is -2.25. The van der Waals surface area contributed by atoms with Gasteiger partial charge in [0.05, 0.1) is 6.20 Å². The Balaban J connectivity index is 1.58. The van der Waals surface area contributed by atoms with Crippen molar-refractivity contribution in [3.8, 4) is 11.1 Å². The van der Waals surface area contributed by atoms with Crippen LogP contribution >= 0.6 is 0 Å². The maximum Gasteiger partial charge on any atom is 0.137 e. The molecule has 3 aromatic heterocycles. The van der Waals surface area contributed by atoms with Crippen LogP contribution in [0.5, 0.6) is 0 Å². The average molecular weight is 332 g/mol. The minimum absolute atomic E-state index is 0.412. The molecular formula is C20H20N4O. The monoisotopic (exact) mass is 332 g/mol. The van der Waals surface area contributed by atoms with Crippen molar-refractivity contribution >= 4 is 22.4 Å². The Bertz CT molecular complexity index is 1010. The number of H-pyrrole nitrogens is 1. The van der Waals surface area contributed by atoms with E-state index < -0.39 is 0 Å². The van der Waals surface area contributed by atoms with Gasteiger partial charge >= 0.3 is 0 Å². The van der Waals surface area contributed by atoms with E-state index in [0.717, 1.165) is 41.4 Å². The van der Waals surface area contributed by atoms with Crippen LogP contribution in [-0.2, 0) is 11.8 Å². The molecule has 126 valence electrons. The zero-order valence-corrected chi connectivity index (χ0v) is 14.2. The van der Waals surface area contributed by atoms with E-state index in [4.69, 9.17) is 0 Å². The Kier molecular flexibility index (Phi) is 3.17. The number of ketones is 1. The first-order valence-corrected chi connectivity index (χ1v) is 8.84. The number of aromatic nitrogens is 4. The molecule has 1 fully saturated rings. The standard InChI is InChI=1S/C20H20N4O/c1-24-11-16(9-23-24)19-10-22-20-18(19)7-15(8-21-20)14-3-12-2-13(4-14)6-17(25)5-12/h3,7-13H,2,4-6H2,1H3,(H,21,22)/t12?,13-/m1/s1. The van der Waals surface area contributed by atoms with Crippen LogP contribution < -0.4 is 0 Å². The van der Waals surface area contributed by atoms with Gasteiger partial charge in [0, 0.05) is 55.0 Å². The second-order valence-electron chi connectivity index (χ2n) is 7.43. The molecule has 1 N–H and O–H groups in total. The summed E-state index contributed by atoms with van der Waals surface area (Å²) in [5.41, 5.74) is 5.65. The molecule has 25 heavy (non-hydrogen) atoms. The average Bonchev–Trinajstić information content (AvgIpc) is 3.18. The molecule has 5 heteroatoms. The smallest absolute Gasteiger partial charge is 0.137 e. The van der Waals surface area contributed by atoms with Gasteiger partial charge in [-0.05, 0) is 41.9 Å². The van der Waals surface area contributed by atoms with Gasteiger partial charge in [-0.1, -0.05) is 6.08 Å². The number of carbonyl (C=O) groups excluding carboxylic acids is 1. The molecule has 3 aromatic rings. The number of hydrogen-bond acceptors (Lipinski definition) is 3. The summed E-state index contributed by atoms with van der Waals surface area (Å²) in [7, 11) is 1.93. The van der Waals surface area contributed by atoms with Crippen LogP contribution in [0.1, 0.15) is 31.2 Å². The van der Waals surface area contributed by atoms with Crippen molar-refractivity contribution in [3.63, 3.8) is 0 Å². The van der Waals surface area contributed by atoms with Gasteiger partial charge in [0.2, 0.25) is 0 Å². The summed E-state index contributed by atoms with van der Waals surface area (Å²) in [4.78, 5) is 19.7. The Morgan fingerprint density at radius 3 is 2.92 bits per heavy atom. The topological polar surface area (TPSA) is 63.6 Å². The first-order valence-electron chi connectivity index (χ1n) is 8.84. The van der Waals surface area contributed by atoms with E-state index in [1.807, 2.05) is 36.5 Å². The summed E-state index contributed by atoms with van der Waals surface area (Å²) in [6.45, 7) is 0. The first-order chi connectivity index (χ1) is 12.2. The molecule has 3 heterocycles. The van der Waals surface area contributed by atoms with Crippen LogP contribution in [0.3, 0.4) is 0 Å². The highest BCUT2D eigenvalue weighted by molar-refractivity contribution is 5.95. The van der Waals surface area contributed by atoms with E-state index in [2.05, 4.69) is 27.2 Å². The molecule has 5 nitrogen and oxygen atoms in total. The summed E-state index contributed by atoms with van der Waals surface area (Å²) in [6, 6.07) is 2.23. The van der Waals surface area contributed by atoms with Crippen molar-refractivity contribution in [1.29, 1.82) is 0 Å². The van der Waals surface area contributed by atoms with Crippen molar-refractivity contribution in [2.45, 2.75) is 25.7 Å². The summed E-state index contributed by atoms with van der Waals surface area (Å²) in [6.07, 6.45) is 13.8. The van der Waals surface area contributed by atoms with Gasteiger partial charge < -0.3 is 4.98 Å². The molecule has 2 aliphatic rings. The third-order valence-electron chi connectivity index (χ3n) is 5.51. The quantitative estimate of drug-likeness (QED) is 0.777. The van der Waals surface area contributed by atoms with Crippen LogP contribution in [0.15, 0.2) is 36.9 Å². The fourth-order valence-corrected chi connectivity index (χ4v) is 4.43. The van der Waals surface area contributed by atoms with Crippen molar-refractivity contribution < 1.29 is 4.79 Å². The molecule has 1 saturated carbocycles. The third-order valence-corrected chi connectivity index (χ3v) is 5.51. The molecule has 2 aliphatic carbocycles. The Morgan fingerprint density at radius 2 is 2.12 bits per heavy atom. The van der Waals surface area contributed by atoms with Gasteiger partial charge in [-0.15, -0.1) is 0 Å². The molecule has 1 unspecified atom stereocenters. The van der Waals surface area contributed by atoms with Crippen LogP contribution in [0.25, 0.3) is 27.7 Å². The second kappa shape index (κ2) is 5.41. The van der Waals surface area contributed by atoms with Gasteiger partial charge in [0.15, 0.2) is 0 Å². The fraction of sp³-hybridized carbons (Fsp3) is 0.350. The zero-order valence-electron chi connectivity index (χ0n) is 14.2. The summed E-state index contributed by atoms with van der Waals surface area (Å²) < 4.78 is 1.81. The lowest BCUT2D eigenvalue weighted by Gasteiger charge is -2.32. The minimum atomic E-state index is 0.412. The molecule has 2 bridgehead atoms. The van der Waals surface area contributed by atoms with Gasteiger partial charge in [-0.25, -0.2) is 4.98 Å². The number of aromatic amines is 1. The van der Waals surface area contributed by atoms with Gasteiger partial charge in [-0.3, -0.25) is 9.48 Å². The molecule has 0 saturated heterocycles. The number of allylic oxidation sites excluding steroid dienone is 2. The maximum absolute atomic E-state index is 11.8. The molecule has 0 radical (unpaired) electrons. The van der Waals surface area contributed by atoms with Gasteiger partial charge in [-0.2, -0.15) is 5.10 Å². The SMILES string of the molecule is Cn1cc(-c2c[nH]c3ncc(C4=CC5CC(=O)C[C@@H](C4)C5)cc23)cn1. The van der Waals surface area contributed by atoms with Crippen LogP contribution in [0.2, 0.25) is 0 Å². The van der Waals surface area contributed by atoms with Gasteiger partial charge in [0.25, 0.3) is 0 Å². The zero-order chi connectivity index (χ0) is 17.0. The lowest BCUT2D eigenvalue weighted by molar-refractivity contribution is -0.122. The number of Topliss-reactive ketones (excluding diaryl/α,β-unsaturated/α-hetero) is 1.